The van der Waals surface area contributed by atoms with Gasteiger partial charge in [0.25, 0.3) is 5.91 Å². The fourth-order valence-corrected chi connectivity index (χ4v) is 5.31. The fraction of sp³-hybridized carbons (Fsp3) is 0.607. The number of rotatable bonds is 12. The van der Waals surface area contributed by atoms with Crippen molar-refractivity contribution in [3.8, 4) is 5.69 Å². The van der Waals surface area contributed by atoms with E-state index in [4.69, 9.17) is 10.2 Å². The predicted octanol–water partition coefficient (Wildman–Crippen LogP) is 1.42. The van der Waals surface area contributed by atoms with Crippen molar-refractivity contribution in [2.24, 2.45) is 5.92 Å². The van der Waals surface area contributed by atoms with Gasteiger partial charge in [0, 0.05) is 24.8 Å². The van der Waals surface area contributed by atoms with Crippen LogP contribution in [0.2, 0.25) is 0 Å². The first-order valence-electron chi connectivity index (χ1n) is 13.3. The SMILES string of the molecule is CC(C)c1c(C(=O)N(C)CC2CCCCC2)nn(-c2ccc(F)cc2)c1CC[C@@H](O)C[C@@H](O)CC(=O)O.[H-].[Na+]. The molecule has 1 heterocycles. The number of aliphatic hydroxyl groups is 2. The first-order chi connectivity index (χ1) is 17.6. The van der Waals surface area contributed by atoms with Gasteiger partial charge in [0.2, 0.25) is 0 Å². The van der Waals surface area contributed by atoms with Crippen LogP contribution in [0.15, 0.2) is 24.3 Å². The molecule has 1 fully saturated rings. The standard InChI is InChI=1S/C28H40FN3O5.Na.H/c1-18(2)26-24(14-13-22(33)15-23(34)16-25(35)36)32(21-11-9-20(29)10-12-21)30-27(26)28(37)31(3)17-19-7-5-4-6-8-19;;/h9-12,18-19,22-23,33-34H,4-8,13-17H2,1-3H3,(H,35,36);;/q;+1;-1/t22-,23-;;/m1../s1. The summed E-state index contributed by atoms with van der Waals surface area (Å²) in [7, 11) is 1.81. The Balaban J connectivity index is 0.00000380. The maximum Gasteiger partial charge on any atom is 1.00 e. The molecule has 1 aliphatic carbocycles. The van der Waals surface area contributed by atoms with E-state index in [1.165, 1.54) is 31.4 Å². The summed E-state index contributed by atoms with van der Waals surface area (Å²) in [6.45, 7) is 4.65. The van der Waals surface area contributed by atoms with E-state index in [0.717, 1.165) is 24.1 Å². The number of amides is 1. The van der Waals surface area contributed by atoms with E-state index in [2.05, 4.69) is 0 Å². The molecule has 1 aromatic heterocycles. The molecular formula is C28H41FN3NaO5. The third-order valence-electron chi connectivity index (χ3n) is 7.15. The van der Waals surface area contributed by atoms with Crippen molar-refractivity contribution in [2.75, 3.05) is 13.6 Å². The Morgan fingerprint density at radius 3 is 2.34 bits per heavy atom. The molecule has 2 aromatic rings. The third kappa shape index (κ3) is 8.88. The summed E-state index contributed by atoms with van der Waals surface area (Å²) in [4.78, 5) is 26.2. The van der Waals surface area contributed by atoms with Crippen LogP contribution < -0.4 is 29.6 Å². The van der Waals surface area contributed by atoms with Gasteiger partial charge in [0.1, 0.15) is 5.82 Å². The maximum atomic E-state index is 13.6. The number of aliphatic carboxylic acids is 1. The van der Waals surface area contributed by atoms with E-state index in [1.807, 2.05) is 20.9 Å². The number of aromatic nitrogens is 2. The Kier molecular flexibility index (Phi) is 12.9. The van der Waals surface area contributed by atoms with E-state index in [1.54, 1.807) is 21.7 Å². The van der Waals surface area contributed by atoms with Crippen LogP contribution in [0.4, 0.5) is 4.39 Å². The normalized spacial score (nSPS) is 15.7. The molecule has 38 heavy (non-hydrogen) atoms. The molecule has 0 radical (unpaired) electrons. The third-order valence-corrected chi connectivity index (χ3v) is 7.15. The van der Waals surface area contributed by atoms with Crippen molar-refractivity contribution < 1.29 is 60.3 Å². The average molecular weight is 542 g/mol. The summed E-state index contributed by atoms with van der Waals surface area (Å²) >= 11 is 0. The van der Waals surface area contributed by atoms with Gasteiger partial charge in [0.05, 0.1) is 24.3 Å². The van der Waals surface area contributed by atoms with Crippen LogP contribution in [0.5, 0.6) is 0 Å². The zero-order valence-electron chi connectivity index (χ0n) is 24.1. The number of carboxylic acid groups (broad SMARTS) is 1. The molecule has 1 amide bonds. The Labute approximate surface area is 248 Å². The molecule has 0 unspecified atom stereocenters. The summed E-state index contributed by atoms with van der Waals surface area (Å²) in [6.07, 6.45) is 3.88. The molecule has 8 nitrogen and oxygen atoms in total. The largest absolute Gasteiger partial charge is 1.00 e. The second-order valence-corrected chi connectivity index (χ2v) is 10.6. The van der Waals surface area contributed by atoms with Crippen molar-refractivity contribution in [2.45, 2.75) is 89.8 Å². The van der Waals surface area contributed by atoms with Crippen LogP contribution in [0.3, 0.4) is 0 Å². The number of aliphatic hydroxyl groups excluding tert-OH is 2. The van der Waals surface area contributed by atoms with Gasteiger partial charge in [-0.05, 0) is 68.2 Å². The number of halogens is 1. The minimum absolute atomic E-state index is 0. The number of benzene rings is 1. The molecule has 0 spiro atoms. The number of hydrogen-bond acceptors (Lipinski definition) is 5. The molecule has 1 saturated carbocycles. The van der Waals surface area contributed by atoms with Crippen molar-refractivity contribution in [3.63, 3.8) is 0 Å². The molecule has 2 atom stereocenters. The summed E-state index contributed by atoms with van der Waals surface area (Å²) < 4.78 is 15.3. The van der Waals surface area contributed by atoms with E-state index in [0.29, 0.717) is 30.3 Å². The van der Waals surface area contributed by atoms with Crippen molar-refractivity contribution in [1.82, 2.24) is 14.7 Å². The first-order valence-corrected chi connectivity index (χ1v) is 13.3. The first kappa shape index (κ1) is 32.4. The molecule has 0 aliphatic heterocycles. The molecule has 0 saturated heterocycles. The number of hydrogen-bond donors (Lipinski definition) is 3. The van der Waals surface area contributed by atoms with Crippen LogP contribution in [0.1, 0.15) is 94.3 Å². The summed E-state index contributed by atoms with van der Waals surface area (Å²) in [6, 6.07) is 5.87. The maximum absolute atomic E-state index is 13.6. The molecule has 1 aliphatic rings. The van der Waals surface area contributed by atoms with E-state index >= 15 is 0 Å². The quantitative estimate of drug-likeness (QED) is 0.350. The Hall–Kier alpha value is -1.78. The van der Waals surface area contributed by atoms with Crippen LogP contribution in [-0.4, -0.2) is 67.7 Å². The van der Waals surface area contributed by atoms with Crippen molar-refractivity contribution in [1.29, 1.82) is 0 Å². The second-order valence-electron chi connectivity index (χ2n) is 10.6. The molecule has 0 bridgehead atoms. The molecule has 206 valence electrons. The number of carboxylic acids is 1. The molecule has 3 rings (SSSR count). The van der Waals surface area contributed by atoms with Gasteiger partial charge in [-0.15, -0.1) is 0 Å². The summed E-state index contributed by atoms with van der Waals surface area (Å²) in [5.41, 5.74) is 2.48. The second kappa shape index (κ2) is 15.1. The molecule has 1 aromatic carbocycles. The average Bonchev–Trinajstić information content (AvgIpc) is 3.22. The van der Waals surface area contributed by atoms with E-state index in [9.17, 15) is 24.2 Å². The van der Waals surface area contributed by atoms with Gasteiger partial charge in [-0.3, -0.25) is 9.59 Å². The zero-order chi connectivity index (χ0) is 27.1. The van der Waals surface area contributed by atoms with E-state index in [-0.39, 0.29) is 61.5 Å². The van der Waals surface area contributed by atoms with Crippen LogP contribution in [0, 0.1) is 11.7 Å². The number of carbonyl (C=O) groups excluding carboxylic acids is 1. The number of carbonyl (C=O) groups is 2. The Morgan fingerprint density at radius 2 is 1.76 bits per heavy atom. The predicted molar refractivity (Wildman–Crippen MR) is 139 cm³/mol. The summed E-state index contributed by atoms with van der Waals surface area (Å²) in [5, 5.41) is 34.0. The molecular weight excluding hydrogens is 500 g/mol. The molecule has 3 N–H and O–H groups in total. The van der Waals surface area contributed by atoms with Crippen molar-refractivity contribution in [3.05, 3.63) is 47.0 Å². The minimum atomic E-state index is -1.15. The van der Waals surface area contributed by atoms with Gasteiger partial charge in [-0.25, -0.2) is 9.07 Å². The Morgan fingerprint density at radius 1 is 1.13 bits per heavy atom. The topological polar surface area (TPSA) is 116 Å². The monoisotopic (exact) mass is 541 g/mol. The van der Waals surface area contributed by atoms with Gasteiger partial charge in [-0.2, -0.15) is 5.10 Å². The van der Waals surface area contributed by atoms with Crippen LogP contribution >= 0.6 is 0 Å². The van der Waals surface area contributed by atoms with Crippen LogP contribution in [0.25, 0.3) is 5.69 Å². The van der Waals surface area contributed by atoms with Gasteiger partial charge >= 0.3 is 35.5 Å². The van der Waals surface area contributed by atoms with Gasteiger partial charge in [0.15, 0.2) is 5.69 Å². The zero-order valence-corrected chi connectivity index (χ0v) is 25.1. The summed E-state index contributed by atoms with van der Waals surface area (Å²) in [5.74, 6) is -1.23. The van der Waals surface area contributed by atoms with Gasteiger partial charge < -0.3 is 21.6 Å². The fourth-order valence-electron chi connectivity index (χ4n) is 5.31. The van der Waals surface area contributed by atoms with Gasteiger partial charge in [-0.1, -0.05) is 33.1 Å². The van der Waals surface area contributed by atoms with E-state index < -0.39 is 24.6 Å². The Bertz CT molecular complexity index is 1060. The smallest absolute Gasteiger partial charge is 1.00 e. The number of nitrogens with zero attached hydrogens (tertiary/aromatic N) is 3. The van der Waals surface area contributed by atoms with Crippen molar-refractivity contribution >= 4 is 11.9 Å². The molecule has 10 heteroatoms. The van der Waals surface area contributed by atoms with Crippen LogP contribution in [-0.2, 0) is 11.2 Å². The minimum Gasteiger partial charge on any atom is -1.00 e.